The molecule has 0 spiro atoms. The van der Waals surface area contributed by atoms with E-state index in [4.69, 9.17) is 21.4 Å². The van der Waals surface area contributed by atoms with Gasteiger partial charge in [0.15, 0.2) is 0 Å². The van der Waals surface area contributed by atoms with Gasteiger partial charge in [-0.1, -0.05) is 48.0 Å². The van der Waals surface area contributed by atoms with Crippen molar-refractivity contribution in [2.75, 3.05) is 0 Å². The Hall–Kier alpha value is -2.53. The maximum Gasteiger partial charge on any atom is 0.408 e. The number of carbonyl (C=O) groups is 2. The second-order valence-corrected chi connectivity index (χ2v) is 7.36. The summed E-state index contributed by atoms with van der Waals surface area (Å²) in [5, 5.41) is 12.4. The first-order chi connectivity index (χ1) is 12.1. The Morgan fingerprint density at radius 2 is 1.54 bits per heavy atom. The van der Waals surface area contributed by atoms with E-state index in [0.717, 1.165) is 11.1 Å². The van der Waals surface area contributed by atoms with Gasteiger partial charge in [0.25, 0.3) is 0 Å². The molecule has 0 bridgehead atoms. The van der Waals surface area contributed by atoms with Gasteiger partial charge in [-0.3, -0.25) is 4.79 Å². The third kappa shape index (κ3) is 6.08. The minimum atomic E-state index is -1.01. The molecule has 0 aliphatic carbocycles. The second-order valence-electron chi connectivity index (χ2n) is 6.93. The Morgan fingerprint density at radius 3 is 2.00 bits per heavy atom. The van der Waals surface area contributed by atoms with Crippen molar-refractivity contribution in [2.45, 2.75) is 38.8 Å². The summed E-state index contributed by atoms with van der Waals surface area (Å²) in [4.78, 5) is 23.2. The maximum absolute atomic E-state index is 12.0. The van der Waals surface area contributed by atoms with Gasteiger partial charge in [-0.25, -0.2) is 4.79 Å². The monoisotopic (exact) mass is 375 g/mol. The summed E-state index contributed by atoms with van der Waals surface area (Å²) >= 11 is 5.90. The first-order valence-electron chi connectivity index (χ1n) is 8.21. The van der Waals surface area contributed by atoms with Gasteiger partial charge in [0.2, 0.25) is 0 Å². The highest BCUT2D eigenvalue weighted by Crippen LogP contribution is 2.25. The molecule has 2 N–H and O–H groups in total. The summed E-state index contributed by atoms with van der Waals surface area (Å²) in [5.74, 6) is -1.01. The van der Waals surface area contributed by atoms with Gasteiger partial charge in [0.05, 0.1) is 12.5 Å². The molecule has 6 heteroatoms. The molecule has 0 saturated heterocycles. The van der Waals surface area contributed by atoms with Crippen molar-refractivity contribution in [3.63, 3.8) is 0 Å². The van der Waals surface area contributed by atoms with E-state index in [1.807, 2.05) is 36.4 Å². The zero-order valence-electron chi connectivity index (χ0n) is 15.0. The van der Waals surface area contributed by atoms with E-state index in [0.29, 0.717) is 10.6 Å². The van der Waals surface area contributed by atoms with Crippen LogP contribution in [0.5, 0.6) is 0 Å². The topological polar surface area (TPSA) is 75.6 Å². The lowest BCUT2D eigenvalue weighted by atomic mass is 9.99. The molecule has 26 heavy (non-hydrogen) atoms. The Bertz CT molecular complexity index is 764. The maximum atomic E-state index is 12.0. The van der Waals surface area contributed by atoms with Crippen molar-refractivity contribution in [2.24, 2.45) is 0 Å². The van der Waals surface area contributed by atoms with Crippen LogP contribution >= 0.6 is 11.6 Å². The van der Waals surface area contributed by atoms with Crippen LogP contribution in [0.25, 0.3) is 11.1 Å². The van der Waals surface area contributed by atoms with E-state index in [1.165, 1.54) is 0 Å². The molecule has 2 rings (SSSR count). The van der Waals surface area contributed by atoms with Crippen molar-refractivity contribution in [3.8, 4) is 11.1 Å². The quantitative estimate of drug-likeness (QED) is 0.766. The van der Waals surface area contributed by atoms with Gasteiger partial charge in [-0.15, -0.1) is 0 Å². The first-order valence-corrected chi connectivity index (χ1v) is 8.59. The first kappa shape index (κ1) is 19.8. The third-order valence-electron chi connectivity index (χ3n) is 3.56. The number of aliphatic carboxylic acids is 1. The molecule has 5 nitrogen and oxygen atoms in total. The third-order valence-corrected chi connectivity index (χ3v) is 3.81. The van der Waals surface area contributed by atoms with Gasteiger partial charge in [-0.2, -0.15) is 0 Å². The van der Waals surface area contributed by atoms with Gasteiger partial charge >= 0.3 is 12.1 Å². The molecule has 1 atom stereocenters. The number of benzene rings is 2. The van der Waals surface area contributed by atoms with Gasteiger partial charge in [-0.05, 0) is 49.6 Å². The molecule has 0 aromatic heterocycles. The fourth-order valence-electron chi connectivity index (χ4n) is 2.43. The lowest BCUT2D eigenvalue weighted by Crippen LogP contribution is -2.35. The molecule has 1 amide bonds. The van der Waals surface area contributed by atoms with E-state index in [-0.39, 0.29) is 6.42 Å². The van der Waals surface area contributed by atoms with Crippen LogP contribution in [0.1, 0.15) is 38.8 Å². The summed E-state index contributed by atoms with van der Waals surface area (Å²) in [7, 11) is 0. The van der Waals surface area contributed by atoms with Crippen molar-refractivity contribution in [3.05, 3.63) is 59.1 Å². The number of amides is 1. The molecule has 0 radical (unpaired) electrons. The molecule has 0 aliphatic rings. The number of ether oxygens (including phenoxy) is 1. The Morgan fingerprint density at radius 1 is 1.04 bits per heavy atom. The normalized spacial score (nSPS) is 12.3. The Balaban J connectivity index is 2.18. The lowest BCUT2D eigenvalue weighted by Gasteiger charge is -2.23. The predicted octanol–water partition coefficient (Wildman–Crippen LogP) is 5.05. The summed E-state index contributed by atoms with van der Waals surface area (Å²) in [6.45, 7) is 5.25. The number of carbonyl (C=O) groups excluding carboxylic acids is 1. The van der Waals surface area contributed by atoms with Crippen LogP contribution in [-0.2, 0) is 9.53 Å². The Kier molecular flexibility index (Phi) is 6.27. The standard InChI is InChI=1S/C20H22ClNO4/c1-20(2,3)26-19(25)22-17(12-18(23)24)15-6-4-13(5-7-15)14-8-10-16(21)11-9-14/h4-11,17H,12H2,1-3H3,(H,22,25)(H,23,24). The molecule has 2 aromatic carbocycles. The molecule has 0 fully saturated rings. The average Bonchev–Trinajstić information content (AvgIpc) is 2.53. The van der Waals surface area contributed by atoms with Crippen LogP contribution in [0.4, 0.5) is 4.79 Å². The molecule has 0 heterocycles. The zero-order chi connectivity index (χ0) is 19.3. The van der Waals surface area contributed by atoms with E-state index in [9.17, 15) is 9.59 Å². The van der Waals surface area contributed by atoms with Crippen molar-refractivity contribution in [1.82, 2.24) is 5.32 Å². The summed E-state index contributed by atoms with van der Waals surface area (Å²) in [5.41, 5.74) is 2.00. The fourth-order valence-corrected chi connectivity index (χ4v) is 2.55. The Labute approximate surface area is 157 Å². The number of carboxylic acid groups (broad SMARTS) is 1. The van der Waals surface area contributed by atoms with Gasteiger partial charge < -0.3 is 15.2 Å². The van der Waals surface area contributed by atoms with Crippen LogP contribution in [-0.4, -0.2) is 22.8 Å². The largest absolute Gasteiger partial charge is 0.481 e. The van der Waals surface area contributed by atoms with E-state index < -0.39 is 23.7 Å². The smallest absolute Gasteiger partial charge is 0.408 e. The molecule has 0 aliphatic heterocycles. The summed E-state index contributed by atoms with van der Waals surface area (Å²) in [6, 6.07) is 14.1. The molecule has 0 saturated carbocycles. The second kappa shape index (κ2) is 8.23. The molecular formula is C20H22ClNO4. The summed E-state index contributed by atoms with van der Waals surface area (Å²) < 4.78 is 5.22. The van der Waals surface area contributed by atoms with Crippen LogP contribution in [0.15, 0.2) is 48.5 Å². The number of rotatable bonds is 5. The number of hydrogen-bond donors (Lipinski definition) is 2. The van der Waals surface area contributed by atoms with Crippen molar-refractivity contribution < 1.29 is 19.4 Å². The van der Waals surface area contributed by atoms with Crippen LogP contribution in [0, 0.1) is 0 Å². The highest BCUT2D eigenvalue weighted by molar-refractivity contribution is 6.30. The molecule has 2 aromatic rings. The number of carboxylic acids is 1. The SMILES string of the molecule is CC(C)(C)OC(=O)NC(CC(=O)O)c1ccc(-c2ccc(Cl)cc2)cc1. The summed E-state index contributed by atoms with van der Waals surface area (Å²) in [6.07, 6.45) is -0.884. The van der Waals surface area contributed by atoms with Gasteiger partial charge in [0.1, 0.15) is 5.60 Å². The van der Waals surface area contributed by atoms with E-state index in [1.54, 1.807) is 32.9 Å². The van der Waals surface area contributed by atoms with E-state index >= 15 is 0 Å². The molecule has 138 valence electrons. The van der Waals surface area contributed by atoms with E-state index in [2.05, 4.69) is 5.32 Å². The van der Waals surface area contributed by atoms with Crippen molar-refractivity contribution in [1.29, 1.82) is 0 Å². The minimum absolute atomic E-state index is 0.237. The van der Waals surface area contributed by atoms with Crippen LogP contribution in [0.2, 0.25) is 5.02 Å². The molecular weight excluding hydrogens is 354 g/mol. The number of alkyl carbamates (subject to hydrolysis) is 1. The minimum Gasteiger partial charge on any atom is -0.481 e. The number of hydrogen-bond acceptors (Lipinski definition) is 3. The average molecular weight is 376 g/mol. The highest BCUT2D eigenvalue weighted by Gasteiger charge is 2.22. The highest BCUT2D eigenvalue weighted by atomic mass is 35.5. The lowest BCUT2D eigenvalue weighted by molar-refractivity contribution is -0.137. The fraction of sp³-hybridized carbons (Fsp3) is 0.300. The van der Waals surface area contributed by atoms with Crippen LogP contribution in [0.3, 0.4) is 0 Å². The van der Waals surface area contributed by atoms with Crippen LogP contribution < -0.4 is 5.32 Å². The zero-order valence-corrected chi connectivity index (χ0v) is 15.7. The van der Waals surface area contributed by atoms with Gasteiger partial charge in [0, 0.05) is 5.02 Å². The number of halogens is 1. The van der Waals surface area contributed by atoms with Crippen molar-refractivity contribution >= 4 is 23.7 Å². The molecule has 1 unspecified atom stereocenters. The number of nitrogens with one attached hydrogen (secondary N) is 1. The predicted molar refractivity (Wildman–Crippen MR) is 101 cm³/mol.